The quantitative estimate of drug-likeness (QED) is 0.0842. The molecule has 0 aliphatic heterocycles. The second-order valence-corrected chi connectivity index (χ2v) is 36.7. The van der Waals surface area contributed by atoms with E-state index < -0.39 is 0 Å². The maximum Gasteiger partial charge on any atom is 0.160 e. The molecule has 0 atom stereocenters. The zero-order chi connectivity index (χ0) is 97.7. The summed E-state index contributed by atoms with van der Waals surface area (Å²) in [6.45, 7) is 0. The molecular weight excluding hydrogens is 1790 g/mol. The van der Waals surface area contributed by atoms with E-state index in [0.717, 1.165) is 146 Å². The van der Waals surface area contributed by atoms with E-state index in [2.05, 4.69) is 487 Å². The number of hydrogen-bond donors (Lipinski definition) is 0. The third-order valence-corrected chi connectivity index (χ3v) is 27.5. The Morgan fingerprint density at radius 2 is 0.340 bits per heavy atom. The van der Waals surface area contributed by atoms with Crippen LogP contribution in [0.15, 0.2) is 558 Å². The molecule has 0 fully saturated rings. The summed E-state index contributed by atoms with van der Waals surface area (Å²) in [6, 6.07) is 191. The first-order chi connectivity index (χ1) is 72.8. The normalized spacial score (nSPS) is 11.3. The van der Waals surface area contributed by atoms with Crippen LogP contribution in [0.5, 0.6) is 0 Å². The summed E-state index contributed by atoms with van der Waals surface area (Å²) in [6.07, 6.45) is 3.91. The first-order valence-corrected chi connectivity index (χ1v) is 49.6. The van der Waals surface area contributed by atoms with Gasteiger partial charge in [-0.15, -0.1) is 0 Å². The molecule has 0 radical (unpaired) electrons. The lowest BCUT2D eigenvalue weighted by molar-refractivity contribution is 1.08. The maximum atomic E-state index is 5.35. The number of nitrogens with zero attached hydrogens (tertiary/aromatic N) is 10. The number of aromatic nitrogens is 10. The van der Waals surface area contributed by atoms with Crippen molar-refractivity contribution >= 4 is 65.4 Å². The Morgan fingerprint density at radius 1 is 0.116 bits per heavy atom. The standard InChI is InChI=1S/2C46H31N3.C45H30N4/c1-5-14-32(15-6-1)36-24-26-44-39(28-36)40-29-37(33-16-7-2-8-17-33)25-27-45(40)49(44)46-23-13-22-41(48-46)38-30-42(34-18-9-3-10-19-34)47-43(31-38)35-20-11-4-12-21-35;1-5-13-32(14-6-1)36-21-24-44-40(27-36)41-28-37(33-15-7-2-8-16-33)22-25-45(41)49(44)46-26-23-38(31-47-46)39-29-42(34-17-9-3-10-18-34)48-43(30-39)35-19-11-4-12-20-35;1-5-13-31(14-6-1)35-21-24-42-38(27-35)39-28-36(32-15-7-2-8-16-32)22-25-43(39)49(42)44-26-23-37(30-46-44)41-29-40(33-17-9-3-10-18-33)47-45(48-41)34-19-11-4-12-20-34/h2*1-31H;1-30H. The number of rotatable bonds is 18. The fraction of sp³-hybridized carbons (Fsp3) is 0. The highest BCUT2D eigenvalue weighted by atomic mass is 15.1. The summed E-state index contributed by atoms with van der Waals surface area (Å²) in [5.74, 6) is 3.29. The Bertz CT molecular complexity index is 8600. The van der Waals surface area contributed by atoms with Crippen LogP contribution < -0.4 is 0 Å². The zero-order valence-electron chi connectivity index (χ0n) is 80.1. The van der Waals surface area contributed by atoms with Crippen LogP contribution in [-0.4, -0.2) is 48.6 Å². The van der Waals surface area contributed by atoms with Crippen LogP contribution in [0.2, 0.25) is 0 Å². The summed E-state index contributed by atoms with van der Waals surface area (Å²) in [5, 5.41) is 7.18. The first-order valence-electron chi connectivity index (χ1n) is 49.6. The van der Waals surface area contributed by atoms with Gasteiger partial charge in [0.25, 0.3) is 0 Å². The van der Waals surface area contributed by atoms with E-state index in [-0.39, 0.29) is 0 Å². The van der Waals surface area contributed by atoms with Crippen LogP contribution in [0.4, 0.5) is 0 Å². The number of benzene rings is 18. The van der Waals surface area contributed by atoms with Crippen molar-refractivity contribution in [3.05, 3.63) is 558 Å². The molecule has 0 saturated heterocycles. The van der Waals surface area contributed by atoms with Crippen molar-refractivity contribution in [2.45, 2.75) is 0 Å². The molecule has 0 unspecified atom stereocenters. The molecule has 147 heavy (non-hydrogen) atoms. The molecule has 0 aliphatic rings. The molecule has 0 bridgehead atoms. The van der Waals surface area contributed by atoms with Crippen molar-refractivity contribution in [3.8, 4) is 186 Å². The van der Waals surface area contributed by atoms with Crippen LogP contribution in [0.1, 0.15) is 0 Å². The third-order valence-electron chi connectivity index (χ3n) is 27.5. The van der Waals surface area contributed by atoms with E-state index in [1.54, 1.807) is 0 Å². The molecule has 27 aromatic rings. The average Bonchev–Trinajstić information content (AvgIpc) is 1.59. The van der Waals surface area contributed by atoms with Crippen LogP contribution in [-0.2, 0) is 0 Å². The Balaban J connectivity index is 0.000000115. The Kier molecular flexibility index (Phi) is 23.9. The molecule has 10 nitrogen and oxygen atoms in total. The lowest BCUT2D eigenvalue weighted by atomic mass is 10.0. The van der Waals surface area contributed by atoms with Gasteiger partial charge in [-0.1, -0.05) is 406 Å². The fourth-order valence-electron chi connectivity index (χ4n) is 20.2. The van der Waals surface area contributed by atoms with Crippen molar-refractivity contribution in [3.63, 3.8) is 0 Å². The lowest BCUT2D eigenvalue weighted by Crippen LogP contribution is -1.99. The average molecular weight is 1880 g/mol. The van der Waals surface area contributed by atoms with E-state index in [4.69, 9.17) is 34.9 Å². The third kappa shape index (κ3) is 18.1. The SMILES string of the molecule is c1ccc(-c2ccc3c(c2)c2cc(-c4ccccc4)ccc2n3-c2ccc(-c3cc(-c4ccccc4)nc(-c4ccccc4)c3)cn2)cc1.c1ccc(-c2ccc3c(c2)c2cc(-c4ccccc4)ccc2n3-c2ccc(-c3cc(-c4ccccc4)nc(-c4ccccc4)n3)cn2)cc1.c1ccc(-c2ccc3c(c2)c2cc(-c4ccccc4)ccc2n3-c2cccc(-c3cc(-c4ccccc4)nc(-c4ccccc4)c3)n2)cc1. The first kappa shape index (κ1) is 88.6. The Morgan fingerprint density at radius 3 is 0.605 bits per heavy atom. The highest BCUT2D eigenvalue weighted by Gasteiger charge is 2.24. The van der Waals surface area contributed by atoms with Gasteiger partial charge in [-0.2, -0.15) is 0 Å². The largest absolute Gasteiger partial charge is 0.294 e. The predicted octanol–water partition coefficient (Wildman–Crippen LogP) is 35.1. The van der Waals surface area contributed by atoms with Crippen molar-refractivity contribution in [1.29, 1.82) is 0 Å². The van der Waals surface area contributed by atoms with E-state index >= 15 is 0 Å². The molecular formula is C137H92N10. The number of fused-ring (bicyclic) bond motifs is 9. The highest BCUT2D eigenvalue weighted by molar-refractivity contribution is 6.14. The van der Waals surface area contributed by atoms with Gasteiger partial charge in [-0.05, 0) is 212 Å². The van der Waals surface area contributed by atoms with E-state index in [0.29, 0.717) is 5.82 Å². The van der Waals surface area contributed by atoms with Crippen LogP contribution in [0.25, 0.3) is 251 Å². The molecule has 0 saturated carbocycles. The predicted molar refractivity (Wildman–Crippen MR) is 608 cm³/mol. The van der Waals surface area contributed by atoms with E-state index in [1.165, 1.54) is 99.1 Å². The molecule has 690 valence electrons. The van der Waals surface area contributed by atoms with Gasteiger partial charge in [-0.3, -0.25) is 13.7 Å². The van der Waals surface area contributed by atoms with Gasteiger partial charge >= 0.3 is 0 Å². The summed E-state index contributed by atoms with van der Waals surface area (Å²) in [4.78, 5) is 35.6. The van der Waals surface area contributed by atoms with E-state index in [1.807, 2.05) is 85.2 Å². The molecule has 0 amide bonds. The minimum Gasteiger partial charge on any atom is -0.294 e. The van der Waals surface area contributed by atoms with Crippen molar-refractivity contribution in [2.24, 2.45) is 0 Å². The molecule has 10 heteroatoms. The van der Waals surface area contributed by atoms with Gasteiger partial charge in [0.2, 0.25) is 0 Å². The van der Waals surface area contributed by atoms with Gasteiger partial charge < -0.3 is 0 Å². The van der Waals surface area contributed by atoms with Crippen LogP contribution >= 0.6 is 0 Å². The molecule has 27 rings (SSSR count). The molecule has 18 aromatic carbocycles. The number of pyridine rings is 5. The summed E-state index contributed by atoms with van der Waals surface area (Å²) < 4.78 is 6.85. The van der Waals surface area contributed by atoms with Crippen molar-refractivity contribution < 1.29 is 0 Å². The monoisotopic (exact) mass is 1880 g/mol. The van der Waals surface area contributed by atoms with Crippen LogP contribution in [0, 0.1) is 0 Å². The molecule has 0 N–H and O–H groups in total. The molecule has 9 heterocycles. The minimum absolute atomic E-state index is 0.687. The summed E-state index contributed by atoms with van der Waals surface area (Å²) in [5.41, 5.74) is 37.8. The van der Waals surface area contributed by atoms with Crippen molar-refractivity contribution in [1.82, 2.24) is 48.6 Å². The molecule has 9 aromatic heterocycles. The fourth-order valence-corrected chi connectivity index (χ4v) is 20.2. The van der Waals surface area contributed by atoms with Gasteiger partial charge in [0.15, 0.2) is 5.82 Å². The zero-order valence-corrected chi connectivity index (χ0v) is 80.1. The topological polar surface area (TPSA) is 105 Å². The molecule has 0 aliphatic carbocycles. The second-order valence-electron chi connectivity index (χ2n) is 36.7. The minimum atomic E-state index is 0.687. The van der Waals surface area contributed by atoms with Gasteiger partial charge in [0.1, 0.15) is 17.5 Å². The number of hydrogen-bond acceptors (Lipinski definition) is 7. The van der Waals surface area contributed by atoms with Gasteiger partial charge in [0, 0.05) is 94.8 Å². The van der Waals surface area contributed by atoms with Crippen LogP contribution in [0.3, 0.4) is 0 Å². The molecule has 0 spiro atoms. The maximum absolute atomic E-state index is 5.35. The van der Waals surface area contributed by atoms with E-state index in [9.17, 15) is 0 Å². The second kappa shape index (κ2) is 39.7. The van der Waals surface area contributed by atoms with Crippen molar-refractivity contribution in [2.75, 3.05) is 0 Å². The Hall–Kier alpha value is -19.8. The summed E-state index contributed by atoms with van der Waals surface area (Å²) in [7, 11) is 0. The van der Waals surface area contributed by atoms with Gasteiger partial charge in [-0.25, -0.2) is 34.9 Å². The highest BCUT2D eigenvalue weighted by Crippen LogP contribution is 2.44. The Labute approximate surface area is 851 Å². The smallest absolute Gasteiger partial charge is 0.160 e. The lowest BCUT2D eigenvalue weighted by Gasteiger charge is -2.12. The van der Waals surface area contributed by atoms with Gasteiger partial charge in [0.05, 0.1) is 73.0 Å². The summed E-state index contributed by atoms with van der Waals surface area (Å²) >= 11 is 0.